The highest BCUT2D eigenvalue weighted by molar-refractivity contribution is 6.48. The average molecular weight is 451 g/mol. The summed E-state index contributed by atoms with van der Waals surface area (Å²) in [6.07, 6.45) is -5.04. The number of carbonyl (C=O) groups is 1. The SMILES string of the molecule is Cc1cc(C2=NCC(c3cc(Cl)c(Cl)c(Cl)c3)(C(F)(F)F)C2)ccc1C(=O)O. The molecule has 0 radical (unpaired) electrons. The number of aromatic carboxylic acids is 1. The molecule has 0 fully saturated rings. The van der Waals surface area contributed by atoms with Crippen LogP contribution >= 0.6 is 34.8 Å². The summed E-state index contributed by atoms with van der Waals surface area (Å²) in [7, 11) is 0. The van der Waals surface area contributed by atoms with E-state index < -0.39 is 30.5 Å². The molecule has 148 valence electrons. The summed E-state index contributed by atoms with van der Waals surface area (Å²) in [6, 6.07) is 6.68. The number of rotatable bonds is 3. The first-order valence-electron chi connectivity index (χ1n) is 8.05. The highest BCUT2D eigenvalue weighted by atomic mass is 35.5. The van der Waals surface area contributed by atoms with Crippen molar-refractivity contribution in [3.63, 3.8) is 0 Å². The van der Waals surface area contributed by atoms with E-state index in [0.29, 0.717) is 11.1 Å². The van der Waals surface area contributed by atoms with Crippen LogP contribution in [0.1, 0.15) is 33.5 Å². The highest BCUT2D eigenvalue weighted by Crippen LogP contribution is 2.49. The number of aliphatic imine (C=N–C) groups is 1. The van der Waals surface area contributed by atoms with Gasteiger partial charge in [0.25, 0.3) is 0 Å². The van der Waals surface area contributed by atoms with E-state index in [4.69, 9.17) is 39.9 Å². The van der Waals surface area contributed by atoms with Crippen LogP contribution in [-0.2, 0) is 5.41 Å². The quantitative estimate of drug-likeness (QED) is 0.554. The zero-order valence-electron chi connectivity index (χ0n) is 14.4. The van der Waals surface area contributed by atoms with Gasteiger partial charge in [-0.1, -0.05) is 40.9 Å². The third-order valence-corrected chi connectivity index (χ3v) is 6.07. The number of alkyl halides is 3. The van der Waals surface area contributed by atoms with Crippen molar-refractivity contribution >= 4 is 46.5 Å². The predicted octanol–water partition coefficient (Wildman–Crippen LogP) is 6.35. The molecule has 0 amide bonds. The molecule has 1 aliphatic heterocycles. The van der Waals surface area contributed by atoms with Crippen molar-refractivity contribution in [1.29, 1.82) is 0 Å². The number of benzene rings is 2. The topological polar surface area (TPSA) is 49.7 Å². The fourth-order valence-electron chi connectivity index (χ4n) is 3.28. The Kier molecular flexibility index (Phi) is 5.42. The van der Waals surface area contributed by atoms with E-state index in [9.17, 15) is 18.0 Å². The van der Waals surface area contributed by atoms with Gasteiger partial charge in [-0.3, -0.25) is 4.99 Å². The van der Waals surface area contributed by atoms with Crippen LogP contribution in [0.5, 0.6) is 0 Å². The minimum absolute atomic E-state index is 0.0107. The van der Waals surface area contributed by atoms with Gasteiger partial charge in [-0.25, -0.2) is 4.79 Å². The molecule has 0 saturated heterocycles. The van der Waals surface area contributed by atoms with E-state index in [1.165, 1.54) is 30.3 Å². The number of hydrogen-bond acceptors (Lipinski definition) is 2. The highest BCUT2D eigenvalue weighted by Gasteiger charge is 2.58. The smallest absolute Gasteiger partial charge is 0.400 e. The van der Waals surface area contributed by atoms with E-state index in [2.05, 4.69) is 4.99 Å². The summed E-state index contributed by atoms with van der Waals surface area (Å²) < 4.78 is 42.4. The summed E-state index contributed by atoms with van der Waals surface area (Å²) in [5, 5.41) is 8.98. The van der Waals surface area contributed by atoms with Gasteiger partial charge >= 0.3 is 12.1 Å². The second-order valence-electron chi connectivity index (χ2n) is 6.61. The molecule has 9 heteroatoms. The minimum Gasteiger partial charge on any atom is -0.478 e. The lowest BCUT2D eigenvalue weighted by molar-refractivity contribution is -0.183. The van der Waals surface area contributed by atoms with Crippen LogP contribution in [0.25, 0.3) is 0 Å². The summed E-state index contributed by atoms with van der Waals surface area (Å²) >= 11 is 17.8. The van der Waals surface area contributed by atoms with E-state index in [1.54, 1.807) is 6.92 Å². The summed E-state index contributed by atoms with van der Waals surface area (Å²) in [5.41, 5.74) is -1.20. The van der Waals surface area contributed by atoms with E-state index in [1.807, 2.05) is 0 Å². The Morgan fingerprint density at radius 2 is 1.75 bits per heavy atom. The molecule has 0 bridgehead atoms. The van der Waals surface area contributed by atoms with Crippen molar-refractivity contribution in [2.24, 2.45) is 4.99 Å². The Morgan fingerprint density at radius 1 is 1.14 bits per heavy atom. The van der Waals surface area contributed by atoms with E-state index in [-0.39, 0.29) is 31.9 Å². The number of carboxylic acids is 1. The zero-order valence-corrected chi connectivity index (χ0v) is 16.6. The van der Waals surface area contributed by atoms with Crippen LogP contribution in [0.3, 0.4) is 0 Å². The second kappa shape index (κ2) is 7.25. The third kappa shape index (κ3) is 3.49. The van der Waals surface area contributed by atoms with Gasteiger partial charge in [-0.15, -0.1) is 0 Å². The minimum atomic E-state index is -4.62. The van der Waals surface area contributed by atoms with Gasteiger partial charge in [-0.2, -0.15) is 13.2 Å². The second-order valence-corrected chi connectivity index (χ2v) is 7.80. The van der Waals surface area contributed by atoms with Crippen molar-refractivity contribution < 1.29 is 23.1 Å². The summed E-state index contributed by atoms with van der Waals surface area (Å²) in [5.74, 6) is -1.10. The number of halogens is 6. The monoisotopic (exact) mass is 449 g/mol. The van der Waals surface area contributed by atoms with Gasteiger partial charge in [0.2, 0.25) is 0 Å². The Balaban J connectivity index is 2.04. The van der Waals surface area contributed by atoms with Gasteiger partial charge in [0.05, 0.1) is 27.2 Å². The Bertz CT molecular complexity index is 981. The van der Waals surface area contributed by atoms with Gasteiger partial charge < -0.3 is 5.11 Å². The normalized spacial score (nSPS) is 19.6. The molecule has 0 spiro atoms. The molecule has 2 aromatic rings. The van der Waals surface area contributed by atoms with Crippen molar-refractivity contribution in [2.75, 3.05) is 6.54 Å². The van der Waals surface area contributed by atoms with Crippen LogP contribution in [0.2, 0.25) is 15.1 Å². The van der Waals surface area contributed by atoms with E-state index >= 15 is 0 Å². The molecule has 1 heterocycles. The largest absolute Gasteiger partial charge is 0.478 e. The van der Waals surface area contributed by atoms with Gasteiger partial charge in [-0.05, 0) is 47.9 Å². The first-order chi connectivity index (χ1) is 13.0. The number of aryl methyl sites for hydroxylation is 1. The zero-order chi connectivity index (χ0) is 20.9. The van der Waals surface area contributed by atoms with E-state index in [0.717, 1.165) is 0 Å². The fraction of sp³-hybridized carbons (Fsp3) is 0.263. The lowest BCUT2D eigenvalue weighted by Gasteiger charge is -2.32. The van der Waals surface area contributed by atoms with Crippen molar-refractivity contribution in [3.8, 4) is 0 Å². The lowest BCUT2D eigenvalue weighted by Crippen LogP contribution is -2.43. The number of nitrogens with zero attached hydrogens (tertiary/aromatic N) is 1. The molecule has 1 aliphatic rings. The maximum atomic E-state index is 14.1. The van der Waals surface area contributed by atoms with Gasteiger partial charge in [0.15, 0.2) is 0 Å². The van der Waals surface area contributed by atoms with Crippen molar-refractivity contribution in [1.82, 2.24) is 0 Å². The molecule has 1 unspecified atom stereocenters. The van der Waals surface area contributed by atoms with Crippen molar-refractivity contribution in [3.05, 3.63) is 67.7 Å². The molecule has 0 aromatic heterocycles. The number of carboxylic acid groups (broad SMARTS) is 1. The average Bonchev–Trinajstić information content (AvgIpc) is 3.05. The molecule has 2 aromatic carbocycles. The molecule has 0 saturated carbocycles. The summed E-state index contributed by atoms with van der Waals surface area (Å²) in [6.45, 7) is 1.05. The maximum Gasteiger partial charge on any atom is 0.400 e. The van der Waals surface area contributed by atoms with Crippen LogP contribution in [0.4, 0.5) is 13.2 Å². The first-order valence-corrected chi connectivity index (χ1v) is 9.19. The van der Waals surface area contributed by atoms with Crippen LogP contribution in [0, 0.1) is 6.92 Å². The van der Waals surface area contributed by atoms with Crippen LogP contribution in [0.15, 0.2) is 35.3 Å². The molecular formula is C19H13Cl3F3NO2. The summed E-state index contributed by atoms with van der Waals surface area (Å²) in [4.78, 5) is 15.3. The Morgan fingerprint density at radius 3 is 2.25 bits per heavy atom. The molecular weight excluding hydrogens is 438 g/mol. The Labute approximate surface area is 173 Å². The third-order valence-electron chi connectivity index (χ3n) is 4.88. The van der Waals surface area contributed by atoms with Crippen LogP contribution in [-0.4, -0.2) is 29.5 Å². The van der Waals surface area contributed by atoms with Gasteiger partial charge in [0, 0.05) is 12.1 Å². The van der Waals surface area contributed by atoms with Gasteiger partial charge in [0.1, 0.15) is 5.41 Å². The molecule has 28 heavy (non-hydrogen) atoms. The molecule has 1 atom stereocenters. The maximum absolute atomic E-state index is 14.1. The van der Waals surface area contributed by atoms with Crippen molar-refractivity contribution in [2.45, 2.75) is 24.9 Å². The lowest BCUT2D eigenvalue weighted by atomic mass is 9.76. The number of hydrogen-bond donors (Lipinski definition) is 1. The molecule has 3 rings (SSSR count). The predicted molar refractivity (Wildman–Crippen MR) is 103 cm³/mol. The first kappa shape index (κ1) is 21.0. The molecule has 1 N–H and O–H groups in total. The standard InChI is InChI=1S/C19H13Cl3F3NO2/c1-9-4-10(2-3-12(9)17(27)28)15-7-18(8-26-15,19(23,24)25)11-5-13(20)16(22)14(21)6-11/h2-6H,7-8H2,1H3,(H,27,28). The molecule has 0 aliphatic carbocycles. The fourth-order valence-corrected chi connectivity index (χ4v) is 3.88. The Hall–Kier alpha value is -1.76. The van der Waals surface area contributed by atoms with Crippen LogP contribution < -0.4 is 0 Å². The molecule has 3 nitrogen and oxygen atoms in total.